The van der Waals surface area contributed by atoms with Gasteiger partial charge >= 0.3 is 0 Å². The van der Waals surface area contributed by atoms with Crippen molar-refractivity contribution in [2.45, 2.75) is 0 Å². The molecule has 1 heterocycles. The average molecular weight is 206 g/mol. The molecule has 2 rings (SSSR count). The monoisotopic (exact) mass is 205 g/mol. The van der Waals surface area contributed by atoms with E-state index in [1.54, 1.807) is 6.33 Å². The van der Waals surface area contributed by atoms with Gasteiger partial charge in [0.1, 0.15) is 6.33 Å². The molecule has 1 aromatic carbocycles. The second kappa shape index (κ2) is 4.07. The fourth-order valence-corrected chi connectivity index (χ4v) is 1.17. The lowest BCUT2D eigenvalue weighted by molar-refractivity contribution is 1.08. The number of aromatic amines is 1. The summed E-state index contributed by atoms with van der Waals surface area (Å²) >= 11 is 5.76. The van der Waals surface area contributed by atoms with Crippen molar-refractivity contribution < 1.29 is 0 Å². The standard InChI is InChI=1S/C10H8ClN3/c11-9-4-1-8(2-5-9)3-6-10-12-7-13-14-10/h1-7H,(H,12,13,14). The summed E-state index contributed by atoms with van der Waals surface area (Å²) in [5.74, 6) is 0.667. The second-order valence-corrected chi connectivity index (χ2v) is 3.18. The maximum absolute atomic E-state index is 5.76. The fourth-order valence-electron chi connectivity index (χ4n) is 1.04. The molecule has 0 saturated heterocycles. The second-order valence-electron chi connectivity index (χ2n) is 2.74. The number of aromatic nitrogens is 3. The van der Waals surface area contributed by atoms with Crippen LogP contribution >= 0.6 is 11.6 Å². The SMILES string of the molecule is Clc1ccc(C=Cc2nc[nH]n2)cc1. The molecule has 0 aliphatic carbocycles. The number of halogens is 1. The van der Waals surface area contributed by atoms with Crippen molar-refractivity contribution in [3.63, 3.8) is 0 Å². The predicted molar refractivity (Wildman–Crippen MR) is 56.8 cm³/mol. The summed E-state index contributed by atoms with van der Waals surface area (Å²) in [5, 5.41) is 7.28. The molecule has 0 bridgehead atoms. The van der Waals surface area contributed by atoms with Crippen molar-refractivity contribution in [3.05, 3.63) is 47.0 Å². The molecule has 14 heavy (non-hydrogen) atoms. The van der Waals surface area contributed by atoms with Gasteiger partial charge in [0, 0.05) is 5.02 Å². The summed E-state index contributed by atoms with van der Waals surface area (Å²) in [5.41, 5.74) is 1.07. The molecule has 0 amide bonds. The molecular weight excluding hydrogens is 198 g/mol. The fraction of sp³-hybridized carbons (Fsp3) is 0. The van der Waals surface area contributed by atoms with Crippen molar-refractivity contribution in [2.24, 2.45) is 0 Å². The molecule has 0 aliphatic heterocycles. The maximum atomic E-state index is 5.76. The Balaban J connectivity index is 2.15. The van der Waals surface area contributed by atoms with E-state index >= 15 is 0 Å². The maximum Gasteiger partial charge on any atom is 0.173 e. The van der Waals surface area contributed by atoms with E-state index in [1.165, 1.54) is 0 Å². The smallest absolute Gasteiger partial charge is 0.173 e. The number of nitrogens with zero attached hydrogens (tertiary/aromatic N) is 2. The number of benzene rings is 1. The van der Waals surface area contributed by atoms with Crippen LogP contribution in [0.3, 0.4) is 0 Å². The van der Waals surface area contributed by atoms with Gasteiger partial charge in [-0.15, -0.1) is 0 Å². The Kier molecular flexibility index (Phi) is 2.60. The normalized spacial score (nSPS) is 10.9. The summed E-state index contributed by atoms with van der Waals surface area (Å²) in [6.45, 7) is 0. The van der Waals surface area contributed by atoms with Crippen molar-refractivity contribution in [2.75, 3.05) is 0 Å². The van der Waals surface area contributed by atoms with Crippen molar-refractivity contribution in [1.29, 1.82) is 0 Å². The lowest BCUT2D eigenvalue weighted by Gasteiger charge is -1.91. The Morgan fingerprint density at radius 1 is 1.14 bits per heavy atom. The summed E-state index contributed by atoms with van der Waals surface area (Å²) in [7, 11) is 0. The predicted octanol–water partition coefficient (Wildman–Crippen LogP) is 2.63. The van der Waals surface area contributed by atoms with Crippen molar-refractivity contribution >= 4 is 23.8 Å². The minimum absolute atomic E-state index is 0.667. The molecule has 0 saturated carbocycles. The number of hydrogen-bond donors (Lipinski definition) is 1. The van der Waals surface area contributed by atoms with Gasteiger partial charge in [0.2, 0.25) is 0 Å². The number of H-pyrrole nitrogens is 1. The Labute approximate surface area is 86.4 Å². The van der Waals surface area contributed by atoms with Gasteiger partial charge in [0.05, 0.1) is 0 Å². The lowest BCUT2D eigenvalue weighted by Crippen LogP contribution is -1.75. The minimum Gasteiger partial charge on any atom is -0.266 e. The summed E-state index contributed by atoms with van der Waals surface area (Å²) < 4.78 is 0. The zero-order chi connectivity index (χ0) is 9.80. The van der Waals surface area contributed by atoms with Gasteiger partial charge in [-0.25, -0.2) is 4.98 Å². The van der Waals surface area contributed by atoms with E-state index in [9.17, 15) is 0 Å². The van der Waals surface area contributed by atoms with Gasteiger partial charge in [-0.3, -0.25) is 5.10 Å². The average Bonchev–Trinajstić information content (AvgIpc) is 2.70. The first-order valence-corrected chi connectivity index (χ1v) is 4.52. The Bertz CT molecular complexity index is 417. The number of hydrogen-bond acceptors (Lipinski definition) is 2. The first-order valence-electron chi connectivity index (χ1n) is 4.14. The van der Waals surface area contributed by atoms with E-state index < -0.39 is 0 Å². The molecule has 0 spiro atoms. The zero-order valence-electron chi connectivity index (χ0n) is 7.31. The highest BCUT2D eigenvalue weighted by Crippen LogP contribution is 2.11. The molecule has 2 aromatic rings. The van der Waals surface area contributed by atoms with Crippen LogP contribution in [0.4, 0.5) is 0 Å². The molecule has 0 atom stereocenters. The van der Waals surface area contributed by atoms with Crippen LogP contribution in [0.5, 0.6) is 0 Å². The highest BCUT2D eigenvalue weighted by atomic mass is 35.5. The lowest BCUT2D eigenvalue weighted by atomic mass is 10.2. The minimum atomic E-state index is 0.667. The Hall–Kier alpha value is -1.61. The zero-order valence-corrected chi connectivity index (χ0v) is 8.07. The number of nitrogens with one attached hydrogen (secondary N) is 1. The van der Waals surface area contributed by atoms with E-state index in [0.29, 0.717) is 5.82 Å². The Morgan fingerprint density at radius 3 is 2.57 bits per heavy atom. The first kappa shape index (κ1) is 8.97. The van der Waals surface area contributed by atoms with Gasteiger partial charge < -0.3 is 0 Å². The summed E-state index contributed by atoms with van der Waals surface area (Å²) in [6.07, 6.45) is 5.31. The third-order valence-corrected chi connectivity index (χ3v) is 1.98. The molecule has 0 radical (unpaired) electrons. The van der Waals surface area contributed by atoms with Crippen LogP contribution in [0.1, 0.15) is 11.4 Å². The van der Waals surface area contributed by atoms with Crippen LogP contribution in [-0.2, 0) is 0 Å². The molecule has 4 heteroatoms. The third-order valence-electron chi connectivity index (χ3n) is 1.73. The van der Waals surface area contributed by atoms with Gasteiger partial charge in [0.25, 0.3) is 0 Å². The topological polar surface area (TPSA) is 41.6 Å². The van der Waals surface area contributed by atoms with Gasteiger partial charge in [-0.2, -0.15) is 5.10 Å². The van der Waals surface area contributed by atoms with Crippen molar-refractivity contribution in [3.8, 4) is 0 Å². The van der Waals surface area contributed by atoms with E-state index in [2.05, 4.69) is 15.2 Å². The molecular formula is C10H8ClN3. The third kappa shape index (κ3) is 2.20. The molecule has 70 valence electrons. The van der Waals surface area contributed by atoms with Gasteiger partial charge in [-0.05, 0) is 23.8 Å². The van der Waals surface area contributed by atoms with E-state index in [4.69, 9.17) is 11.6 Å². The van der Waals surface area contributed by atoms with E-state index in [-0.39, 0.29) is 0 Å². The summed E-state index contributed by atoms with van der Waals surface area (Å²) in [6, 6.07) is 7.56. The Morgan fingerprint density at radius 2 is 1.93 bits per heavy atom. The van der Waals surface area contributed by atoms with Crippen LogP contribution in [0, 0.1) is 0 Å². The highest BCUT2D eigenvalue weighted by molar-refractivity contribution is 6.30. The molecule has 0 unspecified atom stereocenters. The van der Waals surface area contributed by atoms with E-state index in [0.717, 1.165) is 10.6 Å². The molecule has 1 aromatic heterocycles. The van der Waals surface area contributed by atoms with Gasteiger partial charge in [0.15, 0.2) is 5.82 Å². The first-order chi connectivity index (χ1) is 6.84. The largest absolute Gasteiger partial charge is 0.266 e. The van der Waals surface area contributed by atoms with Crippen LogP contribution in [0.25, 0.3) is 12.2 Å². The molecule has 0 fully saturated rings. The van der Waals surface area contributed by atoms with Crippen LogP contribution < -0.4 is 0 Å². The number of rotatable bonds is 2. The van der Waals surface area contributed by atoms with E-state index in [1.807, 2.05) is 36.4 Å². The molecule has 0 aliphatic rings. The van der Waals surface area contributed by atoms with Crippen molar-refractivity contribution in [1.82, 2.24) is 15.2 Å². The quantitative estimate of drug-likeness (QED) is 0.819. The summed E-state index contributed by atoms with van der Waals surface area (Å²) in [4.78, 5) is 3.97. The highest BCUT2D eigenvalue weighted by Gasteiger charge is 1.90. The van der Waals surface area contributed by atoms with Crippen LogP contribution in [-0.4, -0.2) is 15.2 Å². The van der Waals surface area contributed by atoms with Crippen LogP contribution in [0.2, 0.25) is 5.02 Å². The van der Waals surface area contributed by atoms with Gasteiger partial charge in [-0.1, -0.05) is 29.8 Å². The molecule has 3 nitrogen and oxygen atoms in total. The molecule has 1 N–H and O–H groups in total. The van der Waals surface area contributed by atoms with Crippen LogP contribution in [0.15, 0.2) is 30.6 Å².